The summed E-state index contributed by atoms with van der Waals surface area (Å²) in [6.45, 7) is -0.0941. The molecule has 94 valence electrons. The number of benzene rings is 1. The van der Waals surface area contributed by atoms with Crippen LogP contribution < -0.4 is 15.8 Å². The van der Waals surface area contributed by atoms with Crippen molar-refractivity contribution in [1.29, 1.82) is 0 Å². The Bertz CT molecular complexity index is 551. The molecule has 2 rings (SSSR count). The predicted octanol–water partition coefficient (Wildman–Crippen LogP) is 1.02. The number of anilines is 2. The molecule has 1 amide bonds. The van der Waals surface area contributed by atoms with Gasteiger partial charge in [0.1, 0.15) is 5.75 Å². The van der Waals surface area contributed by atoms with E-state index in [4.69, 9.17) is 10.5 Å². The molecule has 1 aromatic carbocycles. The lowest BCUT2D eigenvalue weighted by atomic mass is 10.3. The summed E-state index contributed by atoms with van der Waals surface area (Å²) in [4.78, 5) is 11.6. The number of ether oxygens (including phenoxy) is 1. The monoisotopic (exact) mass is 246 g/mol. The third-order valence-corrected chi connectivity index (χ3v) is 2.27. The third-order valence-electron chi connectivity index (χ3n) is 2.27. The van der Waals surface area contributed by atoms with Crippen molar-refractivity contribution in [2.45, 2.75) is 0 Å². The van der Waals surface area contributed by atoms with E-state index in [1.807, 2.05) is 0 Å². The molecular formula is C12H14N4O2. The second-order valence-corrected chi connectivity index (χ2v) is 3.78. The molecule has 3 N–H and O–H groups in total. The van der Waals surface area contributed by atoms with Crippen LogP contribution in [0.15, 0.2) is 36.7 Å². The summed E-state index contributed by atoms with van der Waals surface area (Å²) < 4.78 is 6.92. The van der Waals surface area contributed by atoms with Crippen molar-refractivity contribution < 1.29 is 9.53 Å². The molecule has 0 saturated heterocycles. The Morgan fingerprint density at radius 3 is 2.94 bits per heavy atom. The summed E-state index contributed by atoms with van der Waals surface area (Å²) in [6, 6.07) is 7.03. The van der Waals surface area contributed by atoms with Crippen LogP contribution in [0.1, 0.15) is 0 Å². The number of nitrogens with zero attached hydrogens (tertiary/aromatic N) is 2. The van der Waals surface area contributed by atoms with Crippen molar-refractivity contribution in [2.75, 3.05) is 17.7 Å². The third kappa shape index (κ3) is 3.00. The molecule has 0 fully saturated rings. The number of hydrogen-bond donors (Lipinski definition) is 2. The van der Waals surface area contributed by atoms with Crippen molar-refractivity contribution in [3.63, 3.8) is 0 Å². The first kappa shape index (κ1) is 12.0. The minimum atomic E-state index is -0.258. The molecule has 0 aliphatic heterocycles. The first-order valence-electron chi connectivity index (χ1n) is 5.41. The van der Waals surface area contributed by atoms with E-state index in [0.717, 1.165) is 0 Å². The zero-order chi connectivity index (χ0) is 13.0. The SMILES string of the molecule is Cn1cc(NC(=O)COc2ccccc2N)cn1. The van der Waals surface area contributed by atoms with Gasteiger partial charge in [0.25, 0.3) is 5.91 Å². The molecular weight excluding hydrogens is 232 g/mol. The maximum Gasteiger partial charge on any atom is 0.262 e. The first-order chi connectivity index (χ1) is 8.65. The number of nitrogens with one attached hydrogen (secondary N) is 1. The van der Waals surface area contributed by atoms with Gasteiger partial charge in [-0.3, -0.25) is 9.48 Å². The van der Waals surface area contributed by atoms with Gasteiger partial charge >= 0.3 is 0 Å². The quantitative estimate of drug-likeness (QED) is 0.789. The topological polar surface area (TPSA) is 82.2 Å². The van der Waals surface area contributed by atoms with Crippen LogP contribution >= 0.6 is 0 Å². The maximum absolute atomic E-state index is 11.6. The second-order valence-electron chi connectivity index (χ2n) is 3.78. The number of nitrogens with two attached hydrogens (primary N) is 1. The molecule has 18 heavy (non-hydrogen) atoms. The van der Waals surface area contributed by atoms with Crippen LogP contribution in [0.5, 0.6) is 5.75 Å². The molecule has 0 aliphatic carbocycles. The first-order valence-corrected chi connectivity index (χ1v) is 5.41. The van der Waals surface area contributed by atoms with Gasteiger partial charge in [0.05, 0.1) is 17.6 Å². The normalized spacial score (nSPS) is 10.1. The van der Waals surface area contributed by atoms with Crippen LogP contribution in [0.3, 0.4) is 0 Å². The van der Waals surface area contributed by atoms with Gasteiger partial charge in [-0.2, -0.15) is 5.10 Å². The van der Waals surface area contributed by atoms with E-state index in [9.17, 15) is 4.79 Å². The van der Waals surface area contributed by atoms with E-state index >= 15 is 0 Å². The largest absolute Gasteiger partial charge is 0.482 e. The Balaban J connectivity index is 1.87. The molecule has 1 heterocycles. The van der Waals surface area contributed by atoms with Crippen molar-refractivity contribution in [1.82, 2.24) is 9.78 Å². The van der Waals surface area contributed by atoms with Crippen LogP contribution in [-0.4, -0.2) is 22.3 Å². The number of aryl methyl sites for hydroxylation is 1. The fourth-order valence-electron chi connectivity index (χ4n) is 1.44. The molecule has 6 nitrogen and oxygen atoms in total. The molecule has 0 saturated carbocycles. The number of nitrogen functional groups attached to an aromatic ring is 1. The smallest absolute Gasteiger partial charge is 0.262 e. The molecule has 0 bridgehead atoms. The van der Waals surface area contributed by atoms with Crippen LogP contribution in [0.2, 0.25) is 0 Å². The number of carbonyl (C=O) groups is 1. The zero-order valence-electron chi connectivity index (χ0n) is 9.96. The Morgan fingerprint density at radius 1 is 1.50 bits per heavy atom. The summed E-state index contributed by atoms with van der Waals surface area (Å²) in [7, 11) is 1.77. The van der Waals surface area contributed by atoms with Crippen LogP contribution in [0.25, 0.3) is 0 Å². The zero-order valence-corrected chi connectivity index (χ0v) is 9.96. The fraction of sp³-hybridized carbons (Fsp3) is 0.167. The van der Waals surface area contributed by atoms with Crippen molar-refractivity contribution in [3.8, 4) is 5.75 Å². The Hall–Kier alpha value is -2.50. The van der Waals surface area contributed by atoms with Gasteiger partial charge < -0.3 is 15.8 Å². The summed E-state index contributed by atoms with van der Waals surface area (Å²) >= 11 is 0. The van der Waals surface area contributed by atoms with Gasteiger partial charge in [-0.25, -0.2) is 0 Å². The standard InChI is InChI=1S/C12H14N4O2/c1-16-7-9(6-14-16)15-12(17)8-18-11-5-3-2-4-10(11)13/h2-7H,8,13H2,1H3,(H,15,17). The summed E-state index contributed by atoms with van der Waals surface area (Å²) in [5.74, 6) is 0.241. The van der Waals surface area contributed by atoms with E-state index in [0.29, 0.717) is 17.1 Å². The molecule has 0 radical (unpaired) electrons. The minimum absolute atomic E-state index is 0.0941. The van der Waals surface area contributed by atoms with Gasteiger partial charge in [0.15, 0.2) is 6.61 Å². The molecule has 1 aromatic heterocycles. The molecule has 0 atom stereocenters. The number of carbonyl (C=O) groups excluding carboxylic acids is 1. The lowest BCUT2D eigenvalue weighted by molar-refractivity contribution is -0.118. The highest BCUT2D eigenvalue weighted by Gasteiger charge is 2.06. The highest BCUT2D eigenvalue weighted by atomic mass is 16.5. The number of hydrogen-bond acceptors (Lipinski definition) is 4. The van der Waals surface area contributed by atoms with E-state index in [-0.39, 0.29) is 12.5 Å². The molecule has 0 spiro atoms. The maximum atomic E-state index is 11.6. The van der Waals surface area contributed by atoms with Gasteiger partial charge in [0.2, 0.25) is 0 Å². The van der Waals surface area contributed by atoms with Crippen LogP contribution in [-0.2, 0) is 11.8 Å². The average Bonchev–Trinajstić information content (AvgIpc) is 2.74. The van der Waals surface area contributed by atoms with E-state index in [1.54, 1.807) is 48.4 Å². The van der Waals surface area contributed by atoms with Gasteiger partial charge in [-0.15, -0.1) is 0 Å². The molecule has 0 unspecified atom stereocenters. The number of amides is 1. The van der Waals surface area contributed by atoms with Gasteiger partial charge in [-0.1, -0.05) is 12.1 Å². The number of rotatable bonds is 4. The van der Waals surface area contributed by atoms with E-state index in [2.05, 4.69) is 10.4 Å². The Morgan fingerprint density at radius 2 is 2.28 bits per heavy atom. The second kappa shape index (κ2) is 5.22. The van der Waals surface area contributed by atoms with Gasteiger partial charge in [-0.05, 0) is 12.1 Å². The predicted molar refractivity (Wildman–Crippen MR) is 68.2 cm³/mol. The Labute approximate surface area is 104 Å². The molecule has 2 aromatic rings. The lowest BCUT2D eigenvalue weighted by Gasteiger charge is -2.07. The van der Waals surface area contributed by atoms with Crippen molar-refractivity contribution in [2.24, 2.45) is 7.05 Å². The highest BCUT2D eigenvalue weighted by Crippen LogP contribution is 2.19. The van der Waals surface area contributed by atoms with E-state index < -0.39 is 0 Å². The van der Waals surface area contributed by atoms with Crippen molar-refractivity contribution >= 4 is 17.3 Å². The Kier molecular flexibility index (Phi) is 3.47. The van der Waals surface area contributed by atoms with E-state index in [1.165, 1.54) is 0 Å². The van der Waals surface area contributed by atoms with Gasteiger partial charge in [0, 0.05) is 13.2 Å². The summed E-state index contributed by atoms with van der Waals surface area (Å²) in [5, 5.41) is 6.61. The minimum Gasteiger partial charge on any atom is -0.482 e. The average molecular weight is 246 g/mol. The van der Waals surface area contributed by atoms with Crippen LogP contribution in [0, 0.1) is 0 Å². The highest BCUT2D eigenvalue weighted by molar-refractivity contribution is 5.91. The summed E-state index contributed by atoms with van der Waals surface area (Å²) in [6.07, 6.45) is 3.27. The fourth-order valence-corrected chi connectivity index (χ4v) is 1.44. The number of aromatic nitrogens is 2. The van der Waals surface area contributed by atoms with Crippen molar-refractivity contribution in [3.05, 3.63) is 36.7 Å². The summed E-state index contributed by atoms with van der Waals surface area (Å²) in [5.41, 5.74) is 6.83. The molecule has 0 aliphatic rings. The molecule has 6 heteroatoms. The van der Waals surface area contributed by atoms with Crippen LogP contribution in [0.4, 0.5) is 11.4 Å². The number of para-hydroxylation sites is 2. The lowest BCUT2D eigenvalue weighted by Crippen LogP contribution is -2.20.